The Bertz CT molecular complexity index is 622. The molecule has 0 radical (unpaired) electrons. The summed E-state index contributed by atoms with van der Waals surface area (Å²) >= 11 is 0. The number of rotatable bonds is 3. The van der Waals surface area contributed by atoms with Crippen LogP contribution in [0.25, 0.3) is 10.9 Å². The summed E-state index contributed by atoms with van der Waals surface area (Å²) in [4.78, 5) is 7.11. The molecule has 21 heavy (non-hydrogen) atoms. The molecule has 3 heteroatoms. The summed E-state index contributed by atoms with van der Waals surface area (Å²) in [5, 5.41) is 5.03. The Morgan fingerprint density at radius 3 is 2.67 bits per heavy atom. The van der Waals surface area contributed by atoms with Gasteiger partial charge in [0, 0.05) is 41.9 Å². The molecule has 3 heterocycles. The van der Waals surface area contributed by atoms with Crippen LogP contribution in [0.1, 0.15) is 32.6 Å². The highest BCUT2D eigenvalue weighted by Crippen LogP contribution is 2.34. The summed E-state index contributed by atoms with van der Waals surface area (Å²) in [5.41, 5.74) is 2.46. The van der Waals surface area contributed by atoms with E-state index in [9.17, 15) is 0 Å². The summed E-state index contributed by atoms with van der Waals surface area (Å²) in [6.45, 7) is 3.34. The molecule has 2 fully saturated rings. The molecule has 2 aliphatic rings. The van der Waals surface area contributed by atoms with E-state index in [4.69, 9.17) is 0 Å². The summed E-state index contributed by atoms with van der Waals surface area (Å²) < 4.78 is 0. The summed E-state index contributed by atoms with van der Waals surface area (Å²) in [6, 6.07) is 12.8. The minimum Gasteiger partial charge on any atom is -0.368 e. The quantitative estimate of drug-likeness (QED) is 0.935. The van der Waals surface area contributed by atoms with Crippen molar-refractivity contribution in [1.29, 1.82) is 0 Å². The normalized spacial score (nSPS) is 28.0. The highest BCUT2D eigenvalue weighted by Gasteiger charge is 2.36. The second-order valence-electron chi connectivity index (χ2n) is 6.40. The second kappa shape index (κ2) is 5.30. The predicted octanol–water partition coefficient (Wildman–Crippen LogP) is 3.34. The molecule has 2 atom stereocenters. The van der Waals surface area contributed by atoms with Gasteiger partial charge in [-0.1, -0.05) is 18.2 Å². The van der Waals surface area contributed by atoms with Gasteiger partial charge in [0.1, 0.15) is 0 Å². The summed E-state index contributed by atoms with van der Waals surface area (Å²) in [5.74, 6) is 0. The molecule has 0 aliphatic carbocycles. The van der Waals surface area contributed by atoms with E-state index in [2.05, 4.69) is 52.5 Å². The topological polar surface area (TPSA) is 28.2 Å². The third kappa shape index (κ3) is 2.30. The zero-order chi connectivity index (χ0) is 14.2. The zero-order valence-electron chi connectivity index (χ0n) is 12.6. The first-order valence-electron chi connectivity index (χ1n) is 8.21. The van der Waals surface area contributed by atoms with Gasteiger partial charge in [0.05, 0.1) is 5.52 Å². The van der Waals surface area contributed by atoms with Crippen LogP contribution in [-0.4, -0.2) is 29.7 Å². The van der Waals surface area contributed by atoms with Gasteiger partial charge in [0.15, 0.2) is 0 Å². The molecule has 2 unspecified atom stereocenters. The number of hydrogen-bond donors (Lipinski definition) is 1. The van der Waals surface area contributed by atoms with Crippen LogP contribution in [-0.2, 0) is 0 Å². The Kier molecular flexibility index (Phi) is 3.30. The van der Waals surface area contributed by atoms with Crippen molar-refractivity contribution >= 4 is 16.6 Å². The first-order valence-corrected chi connectivity index (χ1v) is 8.21. The van der Waals surface area contributed by atoms with Gasteiger partial charge in [-0.05, 0) is 44.7 Å². The van der Waals surface area contributed by atoms with E-state index in [0.29, 0.717) is 6.04 Å². The van der Waals surface area contributed by atoms with Crippen molar-refractivity contribution in [2.75, 3.05) is 11.4 Å². The minimum atomic E-state index is 0.666. The fourth-order valence-corrected chi connectivity index (χ4v) is 4.24. The smallest absolute Gasteiger partial charge is 0.0722 e. The average Bonchev–Trinajstić information content (AvgIpc) is 2.87. The third-order valence-electron chi connectivity index (χ3n) is 5.17. The van der Waals surface area contributed by atoms with Crippen LogP contribution in [0.15, 0.2) is 36.5 Å². The van der Waals surface area contributed by atoms with Gasteiger partial charge in [-0.15, -0.1) is 0 Å². The Balaban J connectivity index is 1.71. The molecule has 1 N–H and O–H groups in total. The van der Waals surface area contributed by atoms with E-state index in [1.807, 2.05) is 6.20 Å². The van der Waals surface area contributed by atoms with Crippen molar-refractivity contribution < 1.29 is 0 Å². The van der Waals surface area contributed by atoms with Gasteiger partial charge in [0.25, 0.3) is 0 Å². The van der Waals surface area contributed by atoms with Crippen molar-refractivity contribution in [2.24, 2.45) is 0 Å². The zero-order valence-corrected chi connectivity index (χ0v) is 12.6. The number of piperidine rings is 1. The van der Waals surface area contributed by atoms with E-state index in [1.165, 1.54) is 36.8 Å². The predicted molar refractivity (Wildman–Crippen MR) is 87.7 cm³/mol. The Morgan fingerprint density at radius 2 is 1.90 bits per heavy atom. The number of hydrogen-bond acceptors (Lipinski definition) is 3. The average molecular weight is 281 g/mol. The number of pyridine rings is 1. The molecule has 2 aromatic rings. The van der Waals surface area contributed by atoms with Gasteiger partial charge in [0.2, 0.25) is 0 Å². The number of anilines is 1. The van der Waals surface area contributed by atoms with E-state index in [1.54, 1.807) is 0 Å². The lowest BCUT2D eigenvalue weighted by atomic mass is 9.97. The largest absolute Gasteiger partial charge is 0.368 e. The summed E-state index contributed by atoms with van der Waals surface area (Å²) in [6.07, 6.45) is 7.23. The number of benzene rings is 1. The maximum atomic E-state index is 4.51. The molecule has 2 bridgehead atoms. The van der Waals surface area contributed by atoms with Crippen LogP contribution in [0.5, 0.6) is 0 Å². The SMILES string of the molecule is CCN(c1ccnc2ccccc12)C1CC2CCC(C1)N2. The summed E-state index contributed by atoms with van der Waals surface area (Å²) in [7, 11) is 0. The Hall–Kier alpha value is -1.61. The molecular weight excluding hydrogens is 258 g/mol. The van der Waals surface area contributed by atoms with E-state index >= 15 is 0 Å². The molecular formula is C18H23N3. The lowest BCUT2D eigenvalue weighted by molar-refractivity contribution is 0.349. The number of nitrogens with one attached hydrogen (secondary N) is 1. The third-order valence-corrected chi connectivity index (χ3v) is 5.17. The van der Waals surface area contributed by atoms with E-state index in [0.717, 1.165) is 24.1 Å². The lowest BCUT2D eigenvalue weighted by Crippen LogP contribution is -2.48. The molecule has 3 nitrogen and oxygen atoms in total. The van der Waals surface area contributed by atoms with Gasteiger partial charge >= 0.3 is 0 Å². The number of para-hydroxylation sites is 1. The van der Waals surface area contributed by atoms with Gasteiger partial charge in [-0.3, -0.25) is 4.98 Å². The van der Waals surface area contributed by atoms with Crippen LogP contribution in [0.3, 0.4) is 0 Å². The molecule has 2 saturated heterocycles. The Morgan fingerprint density at radius 1 is 1.14 bits per heavy atom. The maximum absolute atomic E-state index is 4.51. The molecule has 110 valence electrons. The van der Waals surface area contributed by atoms with Crippen LogP contribution in [0.2, 0.25) is 0 Å². The number of fused-ring (bicyclic) bond motifs is 3. The molecule has 0 spiro atoms. The monoisotopic (exact) mass is 281 g/mol. The van der Waals surface area contributed by atoms with Gasteiger partial charge in [-0.2, -0.15) is 0 Å². The standard InChI is InChI=1S/C18H23N3/c1-2-21(15-11-13-7-8-14(12-15)20-13)18-9-10-19-17-6-4-3-5-16(17)18/h3-6,9-10,13-15,20H,2,7-8,11-12H2,1H3. The fraction of sp³-hybridized carbons (Fsp3) is 0.500. The van der Waals surface area contributed by atoms with Crippen molar-refractivity contribution in [2.45, 2.75) is 50.7 Å². The van der Waals surface area contributed by atoms with Crippen molar-refractivity contribution in [3.8, 4) is 0 Å². The number of aromatic nitrogens is 1. The molecule has 1 aromatic carbocycles. The maximum Gasteiger partial charge on any atom is 0.0722 e. The molecule has 0 saturated carbocycles. The van der Waals surface area contributed by atoms with E-state index in [-0.39, 0.29) is 0 Å². The van der Waals surface area contributed by atoms with Crippen molar-refractivity contribution in [3.05, 3.63) is 36.5 Å². The van der Waals surface area contributed by atoms with Gasteiger partial charge < -0.3 is 10.2 Å². The highest BCUT2D eigenvalue weighted by atomic mass is 15.2. The van der Waals surface area contributed by atoms with Crippen molar-refractivity contribution in [3.63, 3.8) is 0 Å². The highest BCUT2D eigenvalue weighted by molar-refractivity contribution is 5.91. The first-order chi connectivity index (χ1) is 10.3. The second-order valence-corrected chi connectivity index (χ2v) is 6.40. The molecule has 0 amide bonds. The fourth-order valence-electron chi connectivity index (χ4n) is 4.24. The number of nitrogens with zero attached hydrogens (tertiary/aromatic N) is 2. The molecule has 2 aliphatic heterocycles. The van der Waals surface area contributed by atoms with Crippen LogP contribution in [0, 0.1) is 0 Å². The van der Waals surface area contributed by atoms with Crippen LogP contribution in [0.4, 0.5) is 5.69 Å². The Labute approximate surface area is 126 Å². The lowest BCUT2D eigenvalue weighted by Gasteiger charge is -2.39. The van der Waals surface area contributed by atoms with Crippen molar-refractivity contribution in [1.82, 2.24) is 10.3 Å². The van der Waals surface area contributed by atoms with Crippen LogP contribution >= 0.6 is 0 Å². The van der Waals surface area contributed by atoms with Gasteiger partial charge in [-0.25, -0.2) is 0 Å². The first kappa shape index (κ1) is 13.1. The molecule has 4 rings (SSSR count). The minimum absolute atomic E-state index is 0.666. The van der Waals surface area contributed by atoms with Crippen LogP contribution < -0.4 is 10.2 Å². The van der Waals surface area contributed by atoms with E-state index < -0.39 is 0 Å². The molecule has 1 aromatic heterocycles.